The number of carbonyl (C=O) groups excluding carboxylic acids is 1. The molecule has 0 spiro atoms. The van der Waals surface area contributed by atoms with Crippen LogP contribution in [0.5, 0.6) is 11.5 Å². The fraction of sp³-hybridized carbons (Fsp3) is 0.435. The second-order valence-electron chi connectivity index (χ2n) is 7.38. The summed E-state index contributed by atoms with van der Waals surface area (Å²) in [6.45, 7) is 5.71. The van der Waals surface area contributed by atoms with Crippen LogP contribution in [0.4, 0.5) is 5.69 Å². The van der Waals surface area contributed by atoms with Gasteiger partial charge in [0.1, 0.15) is 17.5 Å². The number of rotatable bonds is 10. The molecule has 8 heteroatoms. The highest BCUT2D eigenvalue weighted by Crippen LogP contribution is 2.28. The molecule has 0 aliphatic heterocycles. The fourth-order valence-corrected chi connectivity index (χ4v) is 4.82. The van der Waals surface area contributed by atoms with E-state index >= 15 is 0 Å². The number of benzene rings is 2. The molecule has 1 N–H and O–H groups in total. The van der Waals surface area contributed by atoms with E-state index < -0.39 is 16.1 Å². The number of hydrogen-bond acceptors (Lipinski definition) is 5. The predicted molar refractivity (Wildman–Crippen MR) is 123 cm³/mol. The maximum atomic E-state index is 13.3. The van der Waals surface area contributed by atoms with E-state index in [1.807, 2.05) is 32.0 Å². The van der Waals surface area contributed by atoms with Crippen molar-refractivity contribution in [1.29, 1.82) is 0 Å². The summed E-state index contributed by atoms with van der Waals surface area (Å²) in [7, 11) is -0.595. The highest BCUT2D eigenvalue weighted by Gasteiger charge is 2.32. The predicted octanol–water partition coefficient (Wildman–Crippen LogP) is 3.82. The summed E-state index contributed by atoms with van der Waals surface area (Å²) >= 11 is 0. The Morgan fingerprint density at radius 2 is 1.77 bits per heavy atom. The molecule has 0 unspecified atom stereocenters. The quantitative estimate of drug-likeness (QED) is 0.597. The molecule has 0 radical (unpaired) electrons. The van der Waals surface area contributed by atoms with Crippen LogP contribution in [0.1, 0.15) is 43.9 Å². The molecule has 0 aromatic heterocycles. The van der Waals surface area contributed by atoms with Gasteiger partial charge in [-0.2, -0.15) is 0 Å². The van der Waals surface area contributed by atoms with Crippen molar-refractivity contribution in [2.75, 3.05) is 24.8 Å². The third kappa shape index (κ3) is 5.91. The monoisotopic (exact) mass is 448 g/mol. The number of methoxy groups -OCH3 is 2. The molecule has 0 aliphatic rings. The van der Waals surface area contributed by atoms with Crippen molar-refractivity contribution in [2.24, 2.45) is 0 Å². The minimum Gasteiger partial charge on any atom is -0.497 e. The van der Waals surface area contributed by atoms with Crippen molar-refractivity contribution in [2.45, 2.75) is 45.7 Å². The minimum atomic E-state index is -3.72. The molecule has 0 bridgehead atoms. The summed E-state index contributed by atoms with van der Waals surface area (Å²) in [6.07, 6.45) is 2.08. The van der Waals surface area contributed by atoms with E-state index in [0.717, 1.165) is 27.4 Å². The van der Waals surface area contributed by atoms with Crippen molar-refractivity contribution in [1.82, 2.24) is 5.32 Å². The van der Waals surface area contributed by atoms with Crippen molar-refractivity contribution in [3.63, 3.8) is 0 Å². The first-order valence-corrected chi connectivity index (χ1v) is 12.1. The molecule has 0 aliphatic carbocycles. The van der Waals surface area contributed by atoms with E-state index in [2.05, 4.69) is 5.32 Å². The normalized spacial score (nSPS) is 13.2. The Bertz CT molecular complexity index is 1010. The molecule has 0 fully saturated rings. The van der Waals surface area contributed by atoms with E-state index in [1.165, 1.54) is 7.11 Å². The van der Waals surface area contributed by atoms with Gasteiger partial charge in [0.25, 0.3) is 0 Å². The van der Waals surface area contributed by atoms with Crippen LogP contribution in [-0.2, 0) is 14.8 Å². The van der Waals surface area contributed by atoms with Crippen LogP contribution < -0.4 is 19.1 Å². The molecular weight excluding hydrogens is 416 g/mol. The van der Waals surface area contributed by atoms with E-state index in [1.54, 1.807) is 38.3 Å². The Morgan fingerprint density at radius 3 is 2.29 bits per heavy atom. The number of carbonyl (C=O) groups is 1. The number of aryl methyl sites for hydroxylation is 1. The summed E-state index contributed by atoms with van der Waals surface area (Å²) in [5.74, 6) is 0.940. The van der Waals surface area contributed by atoms with Gasteiger partial charge in [-0.1, -0.05) is 32.0 Å². The first-order chi connectivity index (χ1) is 14.7. The van der Waals surface area contributed by atoms with Crippen LogP contribution in [-0.4, -0.2) is 40.8 Å². The van der Waals surface area contributed by atoms with Gasteiger partial charge < -0.3 is 14.8 Å². The van der Waals surface area contributed by atoms with Gasteiger partial charge in [-0.15, -0.1) is 0 Å². The van der Waals surface area contributed by atoms with Gasteiger partial charge >= 0.3 is 0 Å². The highest BCUT2D eigenvalue weighted by molar-refractivity contribution is 7.92. The molecule has 31 heavy (non-hydrogen) atoms. The number of nitrogens with one attached hydrogen (secondary N) is 1. The van der Waals surface area contributed by atoms with E-state index in [9.17, 15) is 13.2 Å². The van der Waals surface area contributed by atoms with Crippen molar-refractivity contribution in [3.05, 3.63) is 53.6 Å². The number of hydrogen-bond donors (Lipinski definition) is 1. The van der Waals surface area contributed by atoms with Gasteiger partial charge in [0, 0.05) is 6.07 Å². The summed E-state index contributed by atoms with van der Waals surface area (Å²) in [5, 5.41) is 3.03. The summed E-state index contributed by atoms with van der Waals surface area (Å²) in [4.78, 5) is 13.3. The zero-order valence-electron chi connectivity index (χ0n) is 19.0. The van der Waals surface area contributed by atoms with Gasteiger partial charge in [-0.3, -0.25) is 9.10 Å². The Kier molecular flexibility index (Phi) is 8.33. The van der Waals surface area contributed by atoms with E-state index in [-0.39, 0.29) is 11.9 Å². The third-order valence-corrected chi connectivity index (χ3v) is 6.36. The van der Waals surface area contributed by atoms with Gasteiger partial charge in [0.2, 0.25) is 15.9 Å². The largest absolute Gasteiger partial charge is 0.497 e. The molecule has 2 aromatic rings. The maximum Gasteiger partial charge on any atom is 0.244 e. The molecule has 0 saturated heterocycles. The molecule has 2 aromatic carbocycles. The molecule has 2 atom stereocenters. The average Bonchev–Trinajstić information content (AvgIpc) is 2.74. The van der Waals surface area contributed by atoms with Crippen molar-refractivity contribution < 1.29 is 22.7 Å². The van der Waals surface area contributed by atoms with E-state index in [0.29, 0.717) is 24.3 Å². The van der Waals surface area contributed by atoms with Crippen LogP contribution in [0.2, 0.25) is 0 Å². The fourth-order valence-electron chi connectivity index (χ4n) is 3.62. The highest BCUT2D eigenvalue weighted by atomic mass is 32.2. The summed E-state index contributed by atoms with van der Waals surface area (Å²) in [6, 6.07) is 11.3. The number of ether oxygens (including phenoxy) is 2. The smallest absolute Gasteiger partial charge is 0.244 e. The SMILES string of the molecule is CC[C@H](NC(=O)[C@H](CC)N(c1cccc(OC)c1)S(C)(=O)=O)c1ccc(OC)c(C)c1. The first kappa shape index (κ1) is 24.5. The van der Waals surface area contributed by atoms with E-state index in [4.69, 9.17) is 9.47 Å². The molecule has 0 saturated carbocycles. The summed E-state index contributed by atoms with van der Waals surface area (Å²) in [5.41, 5.74) is 2.29. The lowest BCUT2D eigenvalue weighted by Gasteiger charge is -2.31. The molecule has 7 nitrogen and oxygen atoms in total. The lowest BCUT2D eigenvalue weighted by molar-refractivity contribution is -0.123. The van der Waals surface area contributed by atoms with Gasteiger partial charge in [-0.25, -0.2) is 8.42 Å². The van der Waals surface area contributed by atoms with Crippen molar-refractivity contribution >= 4 is 21.6 Å². The minimum absolute atomic E-state index is 0.252. The lowest BCUT2D eigenvalue weighted by atomic mass is 10.0. The molecule has 1 amide bonds. The van der Waals surface area contributed by atoms with Gasteiger partial charge in [-0.05, 0) is 49.1 Å². The van der Waals surface area contributed by atoms with Crippen LogP contribution in [0.25, 0.3) is 0 Å². The molecule has 170 valence electrons. The van der Waals surface area contributed by atoms with Gasteiger partial charge in [0.05, 0.1) is 32.2 Å². The van der Waals surface area contributed by atoms with Crippen molar-refractivity contribution in [3.8, 4) is 11.5 Å². The standard InChI is InChI=1S/C23H32N2O5S/c1-7-20(17-12-13-22(30-5)16(3)14-17)24-23(26)21(8-2)25(31(6,27)28)18-10-9-11-19(15-18)29-4/h9-15,20-21H,7-8H2,1-6H3,(H,24,26)/t20-,21-/m0/s1. The Hall–Kier alpha value is -2.74. The van der Waals surface area contributed by atoms with Crippen LogP contribution in [0.3, 0.4) is 0 Å². The second-order valence-corrected chi connectivity index (χ2v) is 9.24. The number of anilines is 1. The summed E-state index contributed by atoms with van der Waals surface area (Å²) < 4.78 is 37.0. The Labute approximate surface area is 185 Å². The zero-order valence-corrected chi connectivity index (χ0v) is 19.8. The Balaban J connectivity index is 2.37. The second kappa shape index (κ2) is 10.5. The van der Waals surface area contributed by atoms with Crippen LogP contribution in [0, 0.1) is 6.92 Å². The molecule has 0 heterocycles. The third-order valence-electron chi connectivity index (χ3n) is 5.18. The van der Waals surface area contributed by atoms with Gasteiger partial charge in [0.15, 0.2) is 0 Å². The van der Waals surface area contributed by atoms with Crippen LogP contribution >= 0.6 is 0 Å². The number of nitrogens with zero attached hydrogens (tertiary/aromatic N) is 1. The lowest BCUT2D eigenvalue weighted by Crippen LogP contribution is -2.50. The number of sulfonamides is 1. The average molecular weight is 449 g/mol. The molecular formula is C23H32N2O5S. The Morgan fingerprint density at radius 1 is 1.06 bits per heavy atom. The van der Waals surface area contributed by atoms with Crippen LogP contribution in [0.15, 0.2) is 42.5 Å². The topological polar surface area (TPSA) is 84.9 Å². The maximum absolute atomic E-state index is 13.3. The molecule has 2 rings (SSSR count). The number of amides is 1. The first-order valence-electron chi connectivity index (χ1n) is 10.2. The zero-order chi connectivity index (χ0) is 23.2.